The van der Waals surface area contributed by atoms with Crippen molar-refractivity contribution >= 4 is 32.5 Å². The molecule has 0 amide bonds. The van der Waals surface area contributed by atoms with E-state index in [1.54, 1.807) is 0 Å². The average Bonchev–Trinajstić information content (AvgIpc) is 2.91. The molecule has 0 aliphatic heterocycles. The van der Waals surface area contributed by atoms with Gasteiger partial charge >= 0.3 is 0 Å². The molecule has 21 heavy (non-hydrogen) atoms. The lowest BCUT2D eigenvalue weighted by Gasteiger charge is -2.08. The molecule has 3 aromatic rings. The number of benzene rings is 2. The average molecular weight is 340 g/mol. The molecule has 0 saturated heterocycles. The zero-order chi connectivity index (χ0) is 14.7. The molecule has 3 nitrogen and oxygen atoms in total. The number of rotatable bonds is 4. The molecule has 0 atom stereocenters. The van der Waals surface area contributed by atoms with Crippen LogP contribution in [-0.2, 0) is 6.54 Å². The first-order valence-electron chi connectivity index (χ1n) is 6.75. The van der Waals surface area contributed by atoms with Crippen LogP contribution in [0.4, 0.5) is 5.69 Å². The zero-order valence-electron chi connectivity index (χ0n) is 11.4. The first-order valence-corrected chi connectivity index (χ1v) is 7.54. The Morgan fingerprint density at radius 3 is 2.67 bits per heavy atom. The molecule has 3 rings (SSSR count). The van der Waals surface area contributed by atoms with Crippen LogP contribution in [-0.4, -0.2) is 11.1 Å². The van der Waals surface area contributed by atoms with Crippen molar-refractivity contribution in [2.45, 2.75) is 6.54 Å². The molecule has 2 aromatic carbocycles. The summed E-state index contributed by atoms with van der Waals surface area (Å²) < 4.78 is 3.28. The van der Waals surface area contributed by atoms with Gasteiger partial charge in [0.2, 0.25) is 0 Å². The van der Waals surface area contributed by atoms with Crippen molar-refractivity contribution in [3.8, 4) is 6.07 Å². The van der Waals surface area contributed by atoms with Gasteiger partial charge in [0, 0.05) is 40.3 Å². The Labute approximate surface area is 131 Å². The summed E-state index contributed by atoms with van der Waals surface area (Å²) in [6.07, 6.45) is 2.06. The predicted octanol–water partition coefficient (Wildman–Crippen LogP) is 4.39. The van der Waals surface area contributed by atoms with Gasteiger partial charge in [0.05, 0.1) is 11.6 Å². The third kappa shape index (κ3) is 3.09. The predicted molar refractivity (Wildman–Crippen MR) is 89.3 cm³/mol. The quantitative estimate of drug-likeness (QED) is 0.765. The maximum Gasteiger partial charge on any atom is 0.0991 e. The summed E-state index contributed by atoms with van der Waals surface area (Å²) in [6, 6.07) is 18.2. The van der Waals surface area contributed by atoms with Gasteiger partial charge in [-0.1, -0.05) is 15.9 Å². The van der Waals surface area contributed by atoms with Gasteiger partial charge in [0.1, 0.15) is 0 Å². The number of nitriles is 1. The molecule has 0 fully saturated rings. The third-order valence-electron chi connectivity index (χ3n) is 3.43. The highest BCUT2D eigenvalue weighted by Crippen LogP contribution is 2.18. The molecule has 0 unspecified atom stereocenters. The highest BCUT2D eigenvalue weighted by atomic mass is 79.9. The Hall–Kier alpha value is -2.25. The van der Waals surface area contributed by atoms with Gasteiger partial charge in [-0.15, -0.1) is 0 Å². The second kappa shape index (κ2) is 6.02. The molecule has 0 bridgehead atoms. The topological polar surface area (TPSA) is 40.8 Å². The van der Waals surface area contributed by atoms with Crippen molar-refractivity contribution in [2.24, 2.45) is 0 Å². The first-order chi connectivity index (χ1) is 10.3. The van der Waals surface area contributed by atoms with Crippen molar-refractivity contribution in [3.63, 3.8) is 0 Å². The molecule has 104 valence electrons. The van der Waals surface area contributed by atoms with Crippen LogP contribution in [0.1, 0.15) is 5.56 Å². The van der Waals surface area contributed by atoms with E-state index in [4.69, 9.17) is 5.26 Å². The molecule has 1 aromatic heterocycles. The Kier molecular flexibility index (Phi) is 3.94. The molecule has 1 heterocycles. The van der Waals surface area contributed by atoms with Gasteiger partial charge < -0.3 is 9.88 Å². The summed E-state index contributed by atoms with van der Waals surface area (Å²) in [4.78, 5) is 0. The molecule has 1 N–H and O–H groups in total. The van der Waals surface area contributed by atoms with Gasteiger partial charge in [-0.05, 0) is 48.5 Å². The molecule has 0 radical (unpaired) electrons. The van der Waals surface area contributed by atoms with Crippen LogP contribution in [0, 0.1) is 11.3 Å². The summed E-state index contributed by atoms with van der Waals surface area (Å²) >= 11 is 3.43. The van der Waals surface area contributed by atoms with E-state index in [-0.39, 0.29) is 0 Å². The summed E-state index contributed by atoms with van der Waals surface area (Å²) in [6.45, 7) is 1.73. The standard InChI is InChI=1S/C17H14BrN3/c18-15-2-4-16(5-3-15)20-8-10-21-9-7-14-11-13(12-19)1-6-17(14)21/h1-7,9,11,20H,8,10H2. The molecule has 0 aliphatic rings. The number of hydrogen-bond acceptors (Lipinski definition) is 2. The fourth-order valence-corrected chi connectivity index (χ4v) is 2.62. The minimum Gasteiger partial charge on any atom is -0.383 e. The van der Waals surface area contributed by atoms with Crippen molar-refractivity contribution in [2.75, 3.05) is 11.9 Å². The largest absolute Gasteiger partial charge is 0.383 e. The van der Waals surface area contributed by atoms with Gasteiger partial charge in [0.25, 0.3) is 0 Å². The van der Waals surface area contributed by atoms with E-state index in [2.05, 4.69) is 56.3 Å². The highest BCUT2D eigenvalue weighted by Gasteiger charge is 2.02. The Bertz CT molecular complexity index is 797. The number of nitrogens with zero attached hydrogens (tertiary/aromatic N) is 2. The molecular formula is C17H14BrN3. The van der Waals surface area contributed by atoms with Crippen molar-refractivity contribution in [1.82, 2.24) is 4.57 Å². The number of fused-ring (bicyclic) bond motifs is 1. The number of halogens is 1. The molecule has 0 aliphatic carbocycles. The maximum atomic E-state index is 8.92. The summed E-state index contributed by atoms with van der Waals surface area (Å²) in [5.74, 6) is 0. The van der Waals surface area contributed by atoms with Crippen molar-refractivity contribution < 1.29 is 0 Å². The van der Waals surface area contributed by atoms with Gasteiger partial charge in [-0.2, -0.15) is 5.26 Å². The lowest BCUT2D eigenvalue weighted by Crippen LogP contribution is -2.09. The number of anilines is 1. The molecule has 4 heteroatoms. The molecule has 0 spiro atoms. The van der Waals surface area contributed by atoms with Crippen LogP contribution < -0.4 is 5.32 Å². The summed E-state index contributed by atoms with van der Waals surface area (Å²) in [5, 5.41) is 13.4. The van der Waals surface area contributed by atoms with Crippen molar-refractivity contribution in [1.29, 1.82) is 5.26 Å². The Morgan fingerprint density at radius 1 is 1.10 bits per heavy atom. The van der Waals surface area contributed by atoms with Crippen LogP contribution in [0.5, 0.6) is 0 Å². The monoisotopic (exact) mass is 339 g/mol. The van der Waals surface area contributed by atoms with E-state index >= 15 is 0 Å². The summed E-state index contributed by atoms with van der Waals surface area (Å²) in [7, 11) is 0. The lowest BCUT2D eigenvalue weighted by molar-refractivity contribution is 0.757. The van der Waals surface area contributed by atoms with Gasteiger partial charge in [0.15, 0.2) is 0 Å². The van der Waals surface area contributed by atoms with Crippen LogP contribution in [0.2, 0.25) is 0 Å². The van der Waals surface area contributed by atoms with Crippen LogP contribution in [0.3, 0.4) is 0 Å². The second-order valence-electron chi connectivity index (χ2n) is 4.83. The van der Waals surface area contributed by atoms with Crippen molar-refractivity contribution in [3.05, 3.63) is 64.8 Å². The highest BCUT2D eigenvalue weighted by molar-refractivity contribution is 9.10. The molecule has 0 saturated carbocycles. The van der Waals surface area contributed by atoms with E-state index in [1.807, 2.05) is 30.3 Å². The van der Waals surface area contributed by atoms with E-state index in [1.165, 1.54) is 0 Å². The maximum absolute atomic E-state index is 8.92. The summed E-state index contributed by atoms with van der Waals surface area (Å²) in [5.41, 5.74) is 2.97. The number of nitrogens with one attached hydrogen (secondary N) is 1. The fraction of sp³-hybridized carbons (Fsp3) is 0.118. The van der Waals surface area contributed by atoms with Crippen LogP contribution >= 0.6 is 15.9 Å². The van der Waals surface area contributed by atoms with E-state index in [0.717, 1.165) is 34.2 Å². The minimum absolute atomic E-state index is 0.702. The van der Waals surface area contributed by atoms with Gasteiger partial charge in [-0.25, -0.2) is 0 Å². The first kappa shape index (κ1) is 13.7. The second-order valence-corrected chi connectivity index (χ2v) is 5.74. The van der Waals surface area contributed by atoms with Crippen LogP contribution in [0.25, 0.3) is 10.9 Å². The SMILES string of the molecule is N#Cc1ccc2c(ccn2CCNc2ccc(Br)cc2)c1. The Balaban J connectivity index is 1.68. The lowest BCUT2D eigenvalue weighted by atomic mass is 10.2. The smallest absolute Gasteiger partial charge is 0.0991 e. The van der Waals surface area contributed by atoms with E-state index in [9.17, 15) is 0 Å². The van der Waals surface area contributed by atoms with E-state index in [0.29, 0.717) is 5.56 Å². The number of aromatic nitrogens is 1. The third-order valence-corrected chi connectivity index (χ3v) is 3.95. The normalized spacial score (nSPS) is 10.5. The van der Waals surface area contributed by atoms with E-state index < -0.39 is 0 Å². The molecular weight excluding hydrogens is 326 g/mol. The Morgan fingerprint density at radius 2 is 1.90 bits per heavy atom. The van der Waals surface area contributed by atoms with Gasteiger partial charge in [-0.3, -0.25) is 0 Å². The fourth-order valence-electron chi connectivity index (χ4n) is 2.35. The zero-order valence-corrected chi connectivity index (χ0v) is 13.0. The van der Waals surface area contributed by atoms with Crippen LogP contribution in [0.15, 0.2) is 59.2 Å². The minimum atomic E-state index is 0.702. The number of hydrogen-bond donors (Lipinski definition) is 1.